The smallest absolute Gasteiger partial charge is 0.253 e. The maximum Gasteiger partial charge on any atom is 0.253 e. The predicted octanol–water partition coefficient (Wildman–Crippen LogP) is 3.32. The number of aromatic amines is 1. The largest absolute Gasteiger partial charge is 0.347 e. The molecule has 1 atom stereocenters. The normalized spacial score (nSPS) is 15.2. The molecule has 1 aliphatic carbocycles. The lowest BCUT2D eigenvalue weighted by molar-refractivity contribution is 0.593. The lowest BCUT2D eigenvalue weighted by Crippen LogP contribution is -2.32. The van der Waals surface area contributed by atoms with Crippen LogP contribution in [0.15, 0.2) is 41.3 Å². The van der Waals surface area contributed by atoms with Gasteiger partial charge >= 0.3 is 0 Å². The third-order valence-electron chi connectivity index (χ3n) is 5.06. The maximum absolute atomic E-state index is 12.5. The Hall–Kier alpha value is -2.65. The number of fused-ring (bicyclic) bond motifs is 1. The number of benzene rings is 1. The minimum absolute atomic E-state index is 0.229. The van der Waals surface area contributed by atoms with Crippen LogP contribution in [0.1, 0.15) is 31.4 Å². The summed E-state index contributed by atoms with van der Waals surface area (Å²) in [5.74, 6) is 0.927. The summed E-state index contributed by atoms with van der Waals surface area (Å²) in [4.78, 5) is 24.0. The zero-order valence-electron chi connectivity index (χ0n) is 16.6. The fourth-order valence-electron chi connectivity index (χ4n) is 3.28. The lowest BCUT2D eigenvalue weighted by atomic mass is 10.1. The van der Waals surface area contributed by atoms with Gasteiger partial charge in [-0.25, -0.2) is 13.4 Å². The second-order valence-corrected chi connectivity index (χ2v) is 9.97. The second-order valence-electron chi connectivity index (χ2n) is 7.63. The summed E-state index contributed by atoms with van der Waals surface area (Å²) in [6, 6.07) is 8.19. The fraction of sp³-hybridized carbons (Fsp3) is 0.350. The highest BCUT2D eigenvalue weighted by Gasteiger charge is 2.29. The first-order valence-electron chi connectivity index (χ1n) is 9.60. The van der Waals surface area contributed by atoms with Crippen molar-refractivity contribution in [3.8, 4) is 0 Å². The molecule has 1 unspecified atom stereocenters. The van der Waals surface area contributed by atoms with Gasteiger partial charge in [0, 0.05) is 40.3 Å². The van der Waals surface area contributed by atoms with Crippen molar-refractivity contribution >= 4 is 44.3 Å². The Bertz CT molecular complexity index is 1260. The van der Waals surface area contributed by atoms with E-state index in [1.54, 1.807) is 30.3 Å². The van der Waals surface area contributed by atoms with Crippen LogP contribution in [0.25, 0.3) is 10.9 Å². The van der Waals surface area contributed by atoms with Gasteiger partial charge in [-0.15, -0.1) is 0 Å². The number of halogens is 1. The fourth-order valence-corrected chi connectivity index (χ4v) is 4.38. The van der Waals surface area contributed by atoms with Crippen molar-refractivity contribution < 1.29 is 8.42 Å². The Balaban J connectivity index is 1.61. The quantitative estimate of drug-likeness (QED) is 0.575. The van der Waals surface area contributed by atoms with E-state index >= 15 is 0 Å². The van der Waals surface area contributed by atoms with Crippen LogP contribution in [0.3, 0.4) is 0 Å². The van der Waals surface area contributed by atoms with Gasteiger partial charge in [0.25, 0.3) is 5.56 Å². The highest BCUT2D eigenvalue weighted by atomic mass is 35.5. The molecule has 0 radical (unpaired) electrons. The minimum Gasteiger partial charge on any atom is -0.347 e. The summed E-state index contributed by atoms with van der Waals surface area (Å²) in [5, 5.41) is 4.49. The number of pyridine rings is 1. The number of nitrogens with zero attached hydrogens (tertiary/aromatic N) is 3. The summed E-state index contributed by atoms with van der Waals surface area (Å²) in [6.45, 7) is 2.23. The lowest BCUT2D eigenvalue weighted by Gasteiger charge is -2.22. The van der Waals surface area contributed by atoms with Crippen molar-refractivity contribution in [3.05, 3.63) is 57.5 Å². The van der Waals surface area contributed by atoms with Gasteiger partial charge in [-0.1, -0.05) is 11.6 Å². The van der Waals surface area contributed by atoms with E-state index in [9.17, 15) is 13.2 Å². The average Bonchev–Trinajstić information content (AvgIpc) is 3.49. The number of rotatable bonds is 7. The summed E-state index contributed by atoms with van der Waals surface area (Å²) in [6.07, 6.45) is 4.72. The zero-order chi connectivity index (χ0) is 21.5. The minimum atomic E-state index is -3.46. The first-order valence-corrected chi connectivity index (χ1v) is 11.8. The first-order chi connectivity index (χ1) is 14.2. The van der Waals surface area contributed by atoms with Crippen LogP contribution >= 0.6 is 11.6 Å². The van der Waals surface area contributed by atoms with Crippen LogP contribution in [0, 0.1) is 5.92 Å². The number of hydrogen-bond donors (Lipinski definition) is 2. The van der Waals surface area contributed by atoms with Gasteiger partial charge in [-0.2, -0.15) is 4.98 Å². The van der Waals surface area contributed by atoms with E-state index in [4.69, 9.17) is 11.6 Å². The highest BCUT2D eigenvalue weighted by molar-refractivity contribution is 7.92. The van der Waals surface area contributed by atoms with Gasteiger partial charge in [0.2, 0.25) is 16.0 Å². The molecular formula is C20H22ClN5O3S. The molecule has 30 heavy (non-hydrogen) atoms. The van der Waals surface area contributed by atoms with Crippen LogP contribution in [-0.4, -0.2) is 36.2 Å². The molecule has 2 heterocycles. The van der Waals surface area contributed by atoms with Gasteiger partial charge < -0.3 is 10.3 Å². The Morgan fingerprint density at radius 1 is 1.30 bits per heavy atom. The number of anilines is 2. The monoisotopic (exact) mass is 447 g/mol. The summed E-state index contributed by atoms with van der Waals surface area (Å²) in [5.41, 5.74) is 0.964. The van der Waals surface area contributed by atoms with Crippen molar-refractivity contribution in [2.24, 2.45) is 5.92 Å². The Kier molecular flexibility index (Phi) is 5.42. The molecule has 158 valence electrons. The molecule has 1 aromatic carbocycles. The zero-order valence-corrected chi connectivity index (χ0v) is 18.2. The van der Waals surface area contributed by atoms with Crippen molar-refractivity contribution in [1.29, 1.82) is 0 Å². The van der Waals surface area contributed by atoms with Gasteiger partial charge in [0.1, 0.15) is 5.82 Å². The van der Waals surface area contributed by atoms with E-state index in [1.165, 1.54) is 16.8 Å². The Morgan fingerprint density at radius 3 is 2.77 bits per heavy atom. The van der Waals surface area contributed by atoms with Gasteiger partial charge in [0.15, 0.2) is 0 Å². The van der Waals surface area contributed by atoms with E-state index in [-0.39, 0.29) is 11.5 Å². The van der Waals surface area contributed by atoms with E-state index in [0.717, 1.165) is 18.2 Å². The SMILES string of the molecule is CC(Nc1nccc(N(CC2CC2)S(C)(=O)=O)n1)c1cc2cc(Cl)ccc2[nH]c1=O. The molecule has 2 aromatic heterocycles. The molecule has 1 aliphatic rings. The van der Waals surface area contributed by atoms with Crippen LogP contribution in [-0.2, 0) is 10.0 Å². The van der Waals surface area contributed by atoms with Crippen LogP contribution in [0.4, 0.5) is 11.8 Å². The molecule has 3 aromatic rings. The summed E-state index contributed by atoms with van der Waals surface area (Å²) < 4.78 is 25.8. The van der Waals surface area contributed by atoms with Crippen molar-refractivity contribution in [2.45, 2.75) is 25.8 Å². The van der Waals surface area contributed by atoms with Crippen LogP contribution in [0.5, 0.6) is 0 Å². The standard InChI is InChI=1S/C20H22ClN5O3S/c1-12(16-10-14-9-15(21)5-6-17(14)24-19(16)27)23-20-22-8-7-18(25-20)26(30(2,28)29)11-13-3-4-13/h5-10,12-13H,3-4,11H2,1-2H3,(H,24,27)(H,22,23,25). The van der Waals surface area contributed by atoms with Gasteiger partial charge in [-0.3, -0.25) is 9.10 Å². The molecule has 4 rings (SSSR count). The van der Waals surface area contributed by atoms with Crippen molar-refractivity contribution in [3.63, 3.8) is 0 Å². The molecule has 1 saturated carbocycles. The van der Waals surface area contributed by atoms with Crippen molar-refractivity contribution in [1.82, 2.24) is 15.0 Å². The molecule has 2 N–H and O–H groups in total. The summed E-state index contributed by atoms with van der Waals surface area (Å²) in [7, 11) is -3.46. The number of nitrogens with one attached hydrogen (secondary N) is 2. The first kappa shape index (κ1) is 20.6. The second kappa shape index (κ2) is 7.88. The van der Waals surface area contributed by atoms with Gasteiger partial charge in [0.05, 0.1) is 12.3 Å². The van der Waals surface area contributed by atoms with Gasteiger partial charge in [-0.05, 0) is 49.9 Å². The highest BCUT2D eigenvalue weighted by Crippen LogP contribution is 2.32. The number of H-pyrrole nitrogens is 1. The molecule has 0 spiro atoms. The molecule has 8 nitrogen and oxygen atoms in total. The van der Waals surface area contributed by atoms with E-state index in [1.807, 2.05) is 6.92 Å². The number of hydrogen-bond acceptors (Lipinski definition) is 6. The molecule has 10 heteroatoms. The molecule has 1 fully saturated rings. The molecule has 0 aliphatic heterocycles. The van der Waals surface area contributed by atoms with Crippen molar-refractivity contribution in [2.75, 3.05) is 22.4 Å². The average molecular weight is 448 g/mol. The summed E-state index contributed by atoms with van der Waals surface area (Å²) >= 11 is 6.06. The third-order valence-corrected chi connectivity index (χ3v) is 6.44. The maximum atomic E-state index is 12.5. The topological polar surface area (TPSA) is 108 Å². The van der Waals surface area contributed by atoms with E-state index in [0.29, 0.717) is 34.4 Å². The number of aromatic nitrogens is 3. The van der Waals surface area contributed by atoms with E-state index < -0.39 is 16.1 Å². The molecular weight excluding hydrogens is 426 g/mol. The van der Waals surface area contributed by atoms with Crippen LogP contribution < -0.4 is 15.2 Å². The van der Waals surface area contributed by atoms with Crippen LogP contribution in [0.2, 0.25) is 5.02 Å². The predicted molar refractivity (Wildman–Crippen MR) is 119 cm³/mol. The number of sulfonamides is 1. The third kappa shape index (κ3) is 4.57. The molecule has 0 saturated heterocycles. The molecule has 0 amide bonds. The Morgan fingerprint density at radius 2 is 2.07 bits per heavy atom. The Labute approximate surface area is 179 Å². The molecule has 0 bridgehead atoms. The van der Waals surface area contributed by atoms with E-state index in [2.05, 4.69) is 20.3 Å².